The van der Waals surface area contributed by atoms with Gasteiger partial charge in [0.05, 0.1) is 0 Å². The molecule has 0 spiro atoms. The maximum atomic E-state index is 12.3. The van der Waals surface area contributed by atoms with E-state index >= 15 is 0 Å². The summed E-state index contributed by atoms with van der Waals surface area (Å²) in [6, 6.07) is 20.3. The molecule has 1 amide bonds. The minimum absolute atomic E-state index is 0.133. The molecule has 8 heteroatoms. The molecule has 0 unspecified atom stereocenters. The largest absolute Gasteiger partial charge is 0.486 e. The van der Waals surface area contributed by atoms with Crippen LogP contribution in [-0.4, -0.2) is 35.9 Å². The Hall–Kier alpha value is -4.33. The Labute approximate surface area is 190 Å². The van der Waals surface area contributed by atoms with Crippen LogP contribution in [0.1, 0.15) is 5.56 Å². The Morgan fingerprint density at radius 2 is 1.67 bits per heavy atom. The number of anilines is 1. The second-order valence-electron chi connectivity index (χ2n) is 7.51. The van der Waals surface area contributed by atoms with Crippen LogP contribution in [0.15, 0.2) is 71.3 Å². The molecule has 2 heterocycles. The van der Waals surface area contributed by atoms with Gasteiger partial charge in [0.15, 0.2) is 18.1 Å². The summed E-state index contributed by atoms with van der Waals surface area (Å²) in [5, 5.41) is 6.84. The van der Waals surface area contributed by atoms with Gasteiger partial charge in [-0.2, -0.15) is 4.98 Å². The van der Waals surface area contributed by atoms with Crippen LogP contribution < -0.4 is 19.5 Å². The lowest BCUT2D eigenvalue weighted by Crippen LogP contribution is -2.20. The predicted molar refractivity (Wildman–Crippen MR) is 121 cm³/mol. The van der Waals surface area contributed by atoms with Gasteiger partial charge in [-0.25, -0.2) is 0 Å². The number of fused-ring (bicyclic) bond motifs is 1. The first-order valence-electron chi connectivity index (χ1n) is 10.5. The first-order valence-corrected chi connectivity index (χ1v) is 10.5. The summed E-state index contributed by atoms with van der Waals surface area (Å²) in [5.74, 6) is 2.49. The van der Waals surface area contributed by atoms with Crippen molar-refractivity contribution < 1.29 is 23.5 Å². The summed E-state index contributed by atoms with van der Waals surface area (Å²) in [6.07, 6.45) is 0. The second-order valence-corrected chi connectivity index (χ2v) is 7.51. The summed E-state index contributed by atoms with van der Waals surface area (Å²) in [7, 11) is 0. The van der Waals surface area contributed by atoms with E-state index in [2.05, 4.69) is 15.5 Å². The van der Waals surface area contributed by atoms with Crippen LogP contribution in [-0.2, 0) is 4.79 Å². The standard InChI is InChI=1S/C25H21N3O5/c1-16-2-4-17(5-3-16)24-27-25(33-28-24)18-6-9-20(10-7-18)32-15-23(29)26-19-8-11-21-22(14-19)31-13-12-30-21/h2-11,14H,12-13,15H2,1H3,(H,26,29). The van der Waals surface area contributed by atoms with E-state index in [-0.39, 0.29) is 12.5 Å². The van der Waals surface area contributed by atoms with Crippen LogP contribution in [0.3, 0.4) is 0 Å². The molecule has 0 fully saturated rings. The fourth-order valence-corrected chi connectivity index (χ4v) is 3.32. The van der Waals surface area contributed by atoms with Crippen LogP contribution >= 0.6 is 0 Å². The van der Waals surface area contributed by atoms with Crippen molar-refractivity contribution in [2.75, 3.05) is 25.1 Å². The van der Waals surface area contributed by atoms with Gasteiger partial charge in [-0.15, -0.1) is 0 Å². The van der Waals surface area contributed by atoms with E-state index in [0.717, 1.165) is 16.7 Å². The van der Waals surface area contributed by atoms with Crippen LogP contribution in [0.2, 0.25) is 0 Å². The molecule has 5 rings (SSSR count). The van der Waals surface area contributed by atoms with Crippen molar-refractivity contribution in [3.8, 4) is 40.1 Å². The van der Waals surface area contributed by atoms with E-state index in [1.54, 1.807) is 42.5 Å². The fourth-order valence-electron chi connectivity index (χ4n) is 3.32. The van der Waals surface area contributed by atoms with Crippen LogP contribution in [0, 0.1) is 6.92 Å². The van der Waals surface area contributed by atoms with Crippen molar-refractivity contribution in [2.45, 2.75) is 6.92 Å². The average molecular weight is 443 g/mol. The van der Waals surface area contributed by atoms with Crippen LogP contribution in [0.25, 0.3) is 22.8 Å². The lowest BCUT2D eigenvalue weighted by molar-refractivity contribution is -0.118. The highest BCUT2D eigenvalue weighted by molar-refractivity contribution is 5.92. The maximum Gasteiger partial charge on any atom is 0.262 e. The summed E-state index contributed by atoms with van der Waals surface area (Å²) in [4.78, 5) is 16.7. The Morgan fingerprint density at radius 3 is 2.45 bits per heavy atom. The summed E-state index contributed by atoms with van der Waals surface area (Å²) in [5.41, 5.74) is 3.43. The van der Waals surface area contributed by atoms with E-state index in [0.29, 0.717) is 47.9 Å². The van der Waals surface area contributed by atoms with Gasteiger partial charge in [-0.1, -0.05) is 35.0 Å². The van der Waals surface area contributed by atoms with Crippen LogP contribution in [0.4, 0.5) is 5.69 Å². The number of hydrogen-bond acceptors (Lipinski definition) is 7. The number of aryl methyl sites for hydroxylation is 1. The summed E-state index contributed by atoms with van der Waals surface area (Å²) in [6.45, 7) is 2.90. The highest BCUT2D eigenvalue weighted by Gasteiger charge is 2.14. The molecular formula is C25H21N3O5. The Balaban J connectivity index is 1.17. The number of benzene rings is 3. The fraction of sp³-hybridized carbons (Fsp3) is 0.160. The minimum Gasteiger partial charge on any atom is -0.486 e. The van der Waals surface area contributed by atoms with E-state index in [4.69, 9.17) is 18.7 Å². The van der Waals surface area contributed by atoms with E-state index in [9.17, 15) is 4.79 Å². The number of nitrogens with one attached hydrogen (secondary N) is 1. The number of rotatable bonds is 6. The number of nitrogens with zero attached hydrogens (tertiary/aromatic N) is 2. The molecule has 0 radical (unpaired) electrons. The molecule has 1 aromatic heterocycles. The molecule has 8 nitrogen and oxygen atoms in total. The van der Waals surface area contributed by atoms with E-state index in [1.165, 1.54) is 0 Å². The first-order chi connectivity index (χ1) is 16.1. The lowest BCUT2D eigenvalue weighted by Gasteiger charge is -2.19. The molecule has 0 saturated carbocycles. The molecule has 166 valence electrons. The lowest BCUT2D eigenvalue weighted by atomic mass is 10.1. The van der Waals surface area contributed by atoms with Crippen molar-refractivity contribution in [3.63, 3.8) is 0 Å². The first kappa shape index (κ1) is 20.6. The molecule has 1 N–H and O–H groups in total. The number of hydrogen-bond donors (Lipinski definition) is 1. The zero-order valence-corrected chi connectivity index (χ0v) is 17.9. The molecular weight excluding hydrogens is 422 g/mol. The predicted octanol–water partition coefficient (Wildman–Crippen LogP) is 4.50. The van der Waals surface area contributed by atoms with Gasteiger partial charge in [0.2, 0.25) is 5.82 Å². The smallest absolute Gasteiger partial charge is 0.262 e. The summed E-state index contributed by atoms with van der Waals surface area (Å²) < 4.78 is 22.0. The van der Waals surface area contributed by atoms with Crippen LogP contribution in [0.5, 0.6) is 17.2 Å². The average Bonchev–Trinajstić information content (AvgIpc) is 3.34. The van der Waals surface area contributed by atoms with Gasteiger partial charge < -0.3 is 24.1 Å². The van der Waals surface area contributed by atoms with Gasteiger partial charge in [-0.05, 0) is 43.3 Å². The molecule has 3 aromatic carbocycles. The molecule has 1 aliphatic heterocycles. The van der Waals surface area contributed by atoms with Crippen molar-refractivity contribution in [3.05, 3.63) is 72.3 Å². The normalized spacial score (nSPS) is 12.3. The number of amides is 1. The SMILES string of the molecule is Cc1ccc(-c2noc(-c3ccc(OCC(=O)Nc4ccc5c(c4)OCCO5)cc3)n2)cc1. The van der Waals surface area contributed by atoms with Gasteiger partial charge >= 0.3 is 0 Å². The number of ether oxygens (including phenoxy) is 3. The van der Waals surface area contributed by atoms with Gasteiger partial charge in [0.25, 0.3) is 11.8 Å². The van der Waals surface area contributed by atoms with E-state index < -0.39 is 0 Å². The molecule has 33 heavy (non-hydrogen) atoms. The zero-order chi connectivity index (χ0) is 22.6. The van der Waals surface area contributed by atoms with E-state index in [1.807, 2.05) is 31.2 Å². The molecule has 4 aromatic rings. The Bertz CT molecular complexity index is 1270. The number of carbonyl (C=O) groups is 1. The molecule has 0 bridgehead atoms. The van der Waals surface area contributed by atoms with Crippen molar-refractivity contribution >= 4 is 11.6 Å². The zero-order valence-electron chi connectivity index (χ0n) is 17.9. The van der Waals surface area contributed by atoms with Crippen molar-refractivity contribution in [2.24, 2.45) is 0 Å². The third-order valence-electron chi connectivity index (χ3n) is 5.03. The molecule has 0 atom stereocenters. The number of aromatic nitrogens is 2. The molecule has 1 aliphatic rings. The quantitative estimate of drug-likeness (QED) is 0.469. The molecule has 0 aliphatic carbocycles. The van der Waals surface area contributed by atoms with Gasteiger partial charge in [0, 0.05) is 22.9 Å². The van der Waals surface area contributed by atoms with Crippen molar-refractivity contribution in [1.29, 1.82) is 0 Å². The number of carbonyl (C=O) groups excluding carboxylic acids is 1. The molecule has 0 saturated heterocycles. The second kappa shape index (κ2) is 9.04. The highest BCUT2D eigenvalue weighted by Crippen LogP contribution is 2.32. The monoisotopic (exact) mass is 443 g/mol. The summed E-state index contributed by atoms with van der Waals surface area (Å²) >= 11 is 0. The Morgan fingerprint density at radius 1 is 0.939 bits per heavy atom. The minimum atomic E-state index is -0.282. The highest BCUT2D eigenvalue weighted by atomic mass is 16.6. The van der Waals surface area contributed by atoms with Gasteiger partial charge in [0.1, 0.15) is 19.0 Å². The topological polar surface area (TPSA) is 95.7 Å². The van der Waals surface area contributed by atoms with Gasteiger partial charge in [-0.3, -0.25) is 4.79 Å². The third-order valence-corrected chi connectivity index (χ3v) is 5.03. The maximum absolute atomic E-state index is 12.3. The Kier molecular flexibility index (Phi) is 5.63. The third kappa shape index (κ3) is 4.79. The van der Waals surface area contributed by atoms with Crippen molar-refractivity contribution in [1.82, 2.24) is 10.1 Å².